The van der Waals surface area contributed by atoms with E-state index in [0.717, 1.165) is 50.1 Å². The number of amides is 1. The first-order valence-corrected chi connectivity index (χ1v) is 14.7. The molecule has 1 fully saturated rings. The number of aromatic nitrogens is 1. The summed E-state index contributed by atoms with van der Waals surface area (Å²) in [7, 11) is 4.36. The summed E-state index contributed by atoms with van der Waals surface area (Å²) in [5.74, 6) is 0.797. The first-order chi connectivity index (χ1) is 19.0. The first kappa shape index (κ1) is 26.2. The standard InChI is InChI=1S/C34H38ClN3O/c1-37(2)32(25-13-15-27(35)16-14-25)26-18-21-34(22-19-26)33-29(28-10-6-7-11-30(28)36-33)20-23-38(34)31(39)17-12-24-8-4-3-5-9-24/h3-11,13-16,26,32,36H,12,17-23H2,1-2H3. The molecule has 1 aliphatic carbocycles. The Morgan fingerprint density at radius 2 is 1.69 bits per heavy atom. The number of nitrogens with one attached hydrogen (secondary N) is 1. The van der Waals surface area contributed by atoms with Crippen molar-refractivity contribution in [1.82, 2.24) is 14.8 Å². The highest BCUT2D eigenvalue weighted by atomic mass is 35.5. The maximum Gasteiger partial charge on any atom is 0.223 e. The Morgan fingerprint density at radius 1 is 1.00 bits per heavy atom. The van der Waals surface area contributed by atoms with Gasteiger partial charge in [0, 0.05) is 40.6 Å². The van der Waals surface area contributed by atoms with E-state index in [2.05, 4.69) is 89.5 Å². The van der Waals surface area contributed by atoms with Crippen molar-refractivity contribution in [2.45, 2.75) is 56.5 Å². The predicted molar refractivity (Wildman–Crippen MR) is 160 cm³/mol. The Balaban J connectivity index is 1.31. The van der Waals surface area contributed by atoms with Crippen LogP contribution in [0.15, 0.2) is 78.9 Å². The van der Waals surface area contributed by atoms with Crippen molar-refractivity contribution < 1.29 is 4.79 Å². The van der Waals surface area contributed by atoms with Gasteiger partial charge in [-0.25, -0.2) is 0 Å². The third-order valence-electron chi connectivity index (χ3n) is 9.22. The zero-order valence-corrected chi connectivity index (χ0v) is 23.8. The molecule has 5 heteroatoms. The van der Waals surface area contributed by atoms with Gasteiger partial charge in [0.1, 0.15) is 0 Å². The van der Waals surface area contributed by atoms with E-state index in [0.29, 0.717) is 18.4 Å². The molecule has 1 aliphatic heterocycles. The highest BCUT2D eigenvalue weighted by Gasteiger charge is 2.49. The monoisotopic (exact) mass is 539 g/mol. The van der Waals surface area contributed by atoms with Gasteiger partial charge in [0.25, 0.3) is 0 Å². The minimum Gasteiger partial charge on any atom is -0.356 e. The molecule has 39 heavy (non-hydrogen) atoms. The lowest BCUT2D eigenvalue weighted by Gasteiger charge is -2.52. The summed E-state index contributed by atoms with van der Waals surface area (Å²) < 4.78 is 0. The van der Waals surface area contributed by atoms with E-state index < -0.39 is 0 Å². The molecule has 4 aromatic rings. The van der Waals surface area contributed by atoms with E-state index in [9.17, 15) is 4.79 Å². The third kappa shape index (κ3) is 4.90. The number of halogens is 1. The molecule has 1 saturated carbocycles. The van der Waals surface area contributed by atoms with Gasteiger partial charge in [0.05, 0.1) is 5.54 Å². The van der Waals surface area contributed by atoms with Gasteiger partial charge in [-0.1, -0.05) is 72.3 Å². The Labute approximate surface area is 237 Å². The molecule has 3 aromatic carbocycles. The summed E-state index contributed by atoms with van der Waals surface area (Å²) >= 11 is 6.22. The van der Waals surface area contributed by atoms with Crippen LogP contribution in [0.2, 0.25) is 5.02 Å². The number of carbonyl (C=O) groups is 1. The second-order valence-electron chi connectivity index (χ2n) is 11.6. The highest BCUT2D eigenvalue weighted by molar-refractivity contribution is 6.30. The van der Waals surface area contributed by atoms with Crippen molar-refractivity contribution in [1.29, 1.82) is 0 Å². The van der Waals surface area contributed by atoms with Gasteiger partial charge in [-0.05, 0) is 93.4 Å². The third-order valence-corrected chi connectivity index (χ3v) is 9.48. The van der Waals surface area contributed by atoms with Crippen LogP contribution in [0.5, 0.6) is 0 Å². The molecule has 1 N–H and O–H groups in total. The number of para-hydroxylation sites is 1. The van der Waals surface area contributed by atoms with Crippen molar-refractivity contribution in [2.24, 2.45) is 5.92 Å². The number of hydrogen-bond acceptors (Lipinski definition) is 2. The van der Waals surface area contributed by atoms with Crippen LogP contribution < -0.4 is 0 Å². The van der Waals surface area contributed by atoms with E-state index in [-0.39, 0.29) is 11.4 Å². The molecule has 4 nitrogen and oxygen atoms in total. The Morgan fingerprint density at radius 3 is 2.41 bits per heavy atom. The Bertz CT molecular complexity index is 1430. The number of rotatable bonds is 6. The minimum atomic E-state index is -0.270. The van der Waals surface area contributed by atoms with Crippen LogP contribution in [-0.2, 0) is 23.2 Å². The topological polar surface area (TPSA) is 39.3 Å². The fourth-order valence-electron chi connectivity index (χ4n) is 7.43. The van der Waals surface area contributed by atoms with Crippen LogP contribution in [0, 0.1) is 5.92 Å². The highest BCUT2D eigenvalue weighted by Crippen LogP contribution is 2.51. The molecular weight excluding hydrogens is 502 g/mol. The average Bonchev–Trinajstić information content (AvgIpc) is 3.35. The van der Waals surface area contributed by atoms with Crippen LogP contribution in [-0.4, -0.2) is 41.3 Å². The van der Waals surface area contributed by atoms with Gasteiger partial charge in [-0.2, -0.15) is 0 Å². The van der Waals surface area contributed by atoms with Crippen LogP contribution in [0.25, 0.3) is 10.9 Å². The van der Waals surface area contributed by atoms with Crippen LogP contribution >= 0.6 is 11.6 Å². The number of nitrogens with zero attached hydrogens (tertiary/aromatic N) is 2. The van der Waals surface area contributed by atoms with Crippen molar-refractivity contribution in [3.05, 3.63) is 106 Å². The van der Waals surface area contributed by atoms with Crippen molar-refractivity contribution in [2.75, 3.05) is 20.6 Å². The normalized spacial score (nSPS) is 21.8. The first-order valence-electron chi connectivity index (χ1n) is 14.3. The number of aryl methyl sites for hydroxylation is 1. The molecule has 6 rings (SSSR count). The molecule has 1 aromatic heterocycles. The van der Waals surface area contributed by atoms with Crippen LogP contribution in [0.4, 0.5) is 0 Å². The fourth-order valence-corrected chi connectivity index (χ4v) is 7.56. The SMILES string of the molecule is CN(C)C(c1ccc(Cl)cc1)C1CCC2(CC1)c1[nH]c3ccccc3c1CCN2C(=O)CCc1ccccc1. The number of aromatic amines is 1. The summed E-state index contributed by atoms with van der Waals surface area (Å²) in [6.07, 6.45) is 6.35. The summed E-state index contributed by atoms with van der Waals surface area (Å²) in [6.45, 7) is 0.793. The molecule has 1 unspecified atom stereocenters. The van der Waals surface area contributed by atoms with Gasteiger partial charge in [-0.3, -0.25) is 4.79 Å². The molecule has 0 radical (unpaired) electrons. The van der Waals surface area contributed by atoms with Crippen molar-refractivity contribution in [3.8, 4) is 0 Å². The quantitative estimate of drug-likeness (QED) is 0.275. The second kappa shape index (κ2) is 10.8. The molecule has 2 heterocycles. The predicted octanol–water partition coefficient (Wildman–Crippen LogP) is 7.53. The molecular formula is C34H38ClN3O. The Kier molecular flexibility index (Phi) is 7.26. The average molecular weight is 540 g/mol. The molecule has 1 spiro atoms. The molecule has 0 saturated heterocycles. The lowest BCUT2D eigenvalue weighted by molar-refractivity contribution is -0.142. The Hall–Kier alpha value is -3.08. The van der Waals surface area contributed by atoms with Gasteiger partial charge in [0.2, 0.25) is 5.91 Å². The minimum absolute atomic E-state index is 0.270. The zero-order chi connectivity index (χ0) is 27.0. The maximum absolute atomic E-state index is 13.9. The summed E-state index contributed by atoms with van der Waals surface area (Å²) in [5.41, 5.74) is 6.16. The molecule has 2 aliphatic rings. The lowest BCUT2D eigenvalue weighted by Crippen LogP contribution is -2.55. The van der Waals surface area contributed by atoms with E-state index in [1.54, 1.807) is 0 Å². The largest absolute Gasteiger partial charge is 0.356 e. The second-order valence-corrected chi connectivity index (χ2v) is 12.1. The maximum atomic E-state index is 13.9. The fraction of sp³-hybridized carbons (Fsp3) is 0.382. The van der Waals surface area contributed by atoms with E-state index >= 15 is 0 Å². The van der Waals surface area contributed by atoms with Crippen LogP contribution in [0.3, 0.4) is 0 Å². The number of carbonyl (C=O) groups excluding carboxylic acids is 1. The summed E-state index contributed by atoms with van der Waals surface area (Å²) in [4.78, 5) is 22.4. The van der Waals surface area contributed by atoms with Crippen LogP contribution in [0.1, 0.15) is 60.5 Å². The molecule has 202 valence electrons. The van der Waals surface area contributed by atoms with Crippen molar-refractivity contribution >= 4 is 28.4 Å². The van der Waals surface area contributed by atoms with Gasteiger partial charge in [-0.15, -0.1) is 0 Å². The number of benzene rings is 3. The summed E-state index contributed by atoms with van der Waals surface area (Å²) in [6, 6.07) is 27.7. The van der Waals surface area contributed by atoms with Gasteiger partial charge < -0.3 is 14.8 Å². The zero-order valence-electron chi connectivity index (χ0n) is 23.0. The molecule has 0 bridgehead atoms. The van der Waals surface area contributed by atoms with E-state index in [4.69, 9.17) is 11.6 Å². The lowest BCUT2D eigenvalue weighted by atomic mass is 9.68. The van der Waals surface area contributed by atoms with E-state index in [1.807, 2.05) is 18.2 Å². The number of fused-ring (bicyclic) bond motifs is 4. The smallest absolute Gasteiger partial charge is 0.223 e. The number of hydrogen-bond donors (Lipinski definition) is 1. The molecule has 1 amide bonds. The van der Waals surface area contributed by atoms with Crippen molar-refractivity contribution in [3.63, 3.8) is 0 Å². The molecule has 1 atom stereocenters. The van der Waals surface area contributed by atoms with Gasteiger partial charge in [0.15, 0.2) is 0 Å². The number of H-pyrrole nitrogens is 1. The van der Waals surface area contributed by atoms with Gasteiger partial charge >= 0.3 is 0 Å². The summed E-state index contributed by atoms with van der Waals surface area (Å²) in [5, 5.41) is 2.09. The van der Waals surface area contributed by atoms with E-state index in [1.165, 1.54) is 33.3 Å².